The highest BCUT2D eigenvalue weighted by Crippen LogP contribution is 2.35. The lowest BCUT2D eigenvalue weighted by Gasteiger charge is -2.13. The van der Waals surface area contributed by atoms with Crippen LogP contribution in [0.4, 0.5) is 24.5 Å². The van der Waals surface area contributed by atoms with Gasteiger partial charge in [0.05, 0.1) is 16.8 Å². The summed E-state index contributed by atoms with van der Waals surface area (Å²) in [6.45, 7) is 0. The van der Waals surface area contributed by atoms with E-state index in [9.17, 15) is 18.0 Å². The standard InChI is InChI=1S/C14H11F3N2O/c15-14(16,17)11-8-4-7-10(12(11)18)13(20)19-9-5-2-1-3-6-9/h1-8H,18H2,(H,19,20). The minimum absolute atomic E-state index is 0.205. The molecule has 0 heterocycles. The van der Waals surface area contributed by atoms with Crippen molar-refractivity contribution in [3.8, 4) is 0 Å². The molecule has 0 bridgehead atoms. The Kier molecular flexibility index (Phi) is 3.65. The normalized spacial score (nSPS) is 11.2. The van der Waals surface area contributed by atoms with E-state index in [0.717, 1.165) is 12.1 Å². The van der Waals surface area contributed by atoms with Crippen LogP contribution in [0.15, 0.2) is 48.5 Å². The third kappa shape index (κ3) is 2.90. The molecule has 0 atom stereocenters. The van der Waals surface area contributed by atoms with E-state index in [1.807, 2.05) is 0 Å². The molecule has 0 saturated heterocycles. The summed E-state index contributed by atoms with van der Waals surface area (Å²) >= 11 is 0. The number of nitrogens with one attached hydrogen (secondary N) is 1. The van der Waals surface area contributed by atoms with Gasteiger partial charge in [0.1, 0.15) is 0 Å². The second-order valence-corrected chi connectivity index (χ2v) is 4.08. The van der Waals surface area contributed by atoms with Gasteiger partial charge in [0.25, 0.3) is 5.91 Å². The van der Waals surface area contributed by atoms with Gasteiger partial charge in [-0.1, -0.05) is 24.3 Å². The van der Waals surface area contributed by atoms with E-state index >= 15 is 0 Å². The van der Waals surface area contributed by atoms with E-state index in [-0.39, 0.29) is 5.56 Å². The van der Waals surface area contributed by atoms with Crippen LogP contribution in [0.3, 0.4) is 0 Å². The number of carbonyl (C=O) groups excluding carboxylic acids is 1. The molecule has 0 fully saturated rings. The first kappa shape index (κ1) is 13.9. The summed E-state index contributed by atoms with van der Waals surface area (Å²) in [6.07, 6.45) is -4.59. The van der Waals surface area contributed by atoms with Gasteiger partial charge >= 0.3 is 6.18 Å². The monoisotopic (exact) mass is 280 g/mol. The van der Waals surface area contributed by atoms with Gasteiger partial charge in [-0.05, 0) is 24.3 Å². The maximum atomic E-state index is 12.7. The quantitative estimate of drug-likeness (QED) is 0.827. The molecule has 1 amide bonds. The van der Waals surface area contributed by atoms with E-state index in [2.05, 4.69) is 5.32 Å². The van der Waals surface area contributed by atoms with Crippen molar-refractivity contribution >= 4 is 17.3 Å². The summed E-state index contributed by atoms with van der Waals surface area (Å²) in [4.78, 5) is 12.0. The van der Waals surface area contributed by atoms with Crippen molar-refractivity contribution in [2.45, 2.75) is 6.18 Å². The molecule has 0 aliphatic carbocycles. The third-order valence-electron chi connectivity index (χ3n) is 2.69. The highest BCUT2D eigenvalue weighted by molar-refractivity contribution is 6.08. The summed E-state index contributed by atoms with van der Waals surface area (Å²) in [7, 11) is 0. The van der Waals surface area contributed by atoms with E-state index in [1.54, 1.807) is 30.3 Å². The molecule has 0 saturated carbocycles. The lowest BCUT2D eigenvalue weighted by molar-refractivity contribution is -0.136. The van der Waals surface area contributed by atoms with Crippen LogP contribution in [0, 0.1) is 0 Å². The molecule has 2 aromatic carbocycles. The van der Waals surface area contributed by atoms with Crippen LogP contribution < -0.4 is 11.1 Å². The number of carbonyl (C=O) groups is 1. The van der Waals surface area contributed by atoms with E-state index in [0.29, 0.717) is 5.69 Å². The molecule has 0 aromatic heterocycles. The number of hydrogen-bond donors (Lipinski definition) is 2. The fraction of sp³-hybridized carbons (Fsp3) is 0.0714. The number of nitrogens with two attached hydrogens (primary N) is 1. The second-order valence-electron chi connectivity index (χ2n) is 4.08. The molecule has 3 N–H and O–H groups in total. The Labute approximate surface area is 113 Å². The number of benzene rings is 2. The Hall–Kier alpha value is -2.50. The highest BCUT2D eigenvalue weighted by Gasteiger charge is 2.34. The fourth-order valence-electron chi connectivity index (χ4n) is 1.73. The molecule has 0 radical (unpaired) electrons. The Balaban J connectivity index is 2.32. The van der Waals surface area contributed by atoms with Gasteiger partial charge in [0, 0.05) is 5.69 Å². The molecule has 2 rings (SSSR count). The summed E-state index contributed by atoms with van der Waals surface area (Å²) < 4.78 is 38.1. The van der Waals surface area contributed by atoms with Gasteiger partial charge in [0.2, 0.25) is 0 Å². The minimum Gasteiger partial charge on any atom is -0.398 e. The van der Waals surface area contributed by atoms with Gasteiger partial charge in [-0.25, -0.2) is 0 Å². The summed E-state index contributed by atoms with van der Waals surface area (Å²) in [5, 5.41) is 2.49. The lowest BCUT2D eigenvalue weighted by atomic mass is 10.1. The minimum atomic E-state index is -4.59. The molecule has 0 spiro atoms. The van der Waals surface area contributed by atoms with Crippen molar-refractivity contribution in [3.63, 3.8) is 0 Å². The van der Waals surface area contributed by atoms with Crippen molar-refractivity contribution in [3.05, 3.63) is 59.7 Å². The van der Waals surface area contributed by atoms with Crippen molar-refractivity contribution in [1.82, 2.24) is 0 Å². The number of alkyl halides is 3. The van der Waals surface area contributed by atoms with Crippen molar-refractivity contribution < 1.29 is 18.0 Å². The number of nitrogen functional groups attached to an aromatic ring is 1. The zero-order chi connectivity index (χ0) is 14.8. The lowest BCUT2D eigenvalue weighted by Crippen LogP contribution is -2.17. The SMILES string of the molecule is Nc1c(C(=O)Nc2ccccc2)cccc1C(F)(F)F. The van der Waals surface area contributed by atoms with Crippen LogP contribution in [0.5, 0.6) is 0 Å². The second kappa shape index (κ2) is 5.24. The smallest absolute Gasteiger partial charge is 0.398 e. The molecule has 2 aromatic rings. The molecule has 0 aliphatic heterocycles. The van der Waals surface area contributed by atoms with Crippen molar-refractivity contribution in [1.29, 1.82) is 0 Å². The van der Waals surface area contributed by atoms with E-state index in [1.165, 1.54) is 6.07 Å². The first-order chi connectivity index (χ1) is 9.39. The van der Waals surface area contributed by atoms with Gasteiger partial charge in [-0.3, -0.25) is 4.79 Å². The number of amides is 1. The maximum Gasteiger partial charge on any atom is 0.418 e. The summed E-state index contributed by atoms with van der Waals surface area (Å²) in [5.74, 6) is -0.681. The van der Waals surface area contributed by atoms with Gasteiger partial charge in [-0.15, -0.1) is 0 Å². The first-order valence-electron chi connectivity index (χ1n) is 5.71. The number of rotatable bonds is 2. The summed E-state index contributed by atoms with van der Waals surface area (Å²) in [6, 6.07) is 11.7. The Bertz CT molecular complexity index is 624. The van der Waals surface area contributed by atoms with E-state index < -0.39 is 23.3 Å². The Morgan fingerprint density at radius 2 is 1.65 bits per heavy atom. The number of anilines is 2. The number of para-hydroxylation sites is 2. The zero-order valence-electron chi connectivity index (χ0n) is 10.2. The molecule has 0 unspecified atom stereocenters. The van der Waals surface area contributed by atoms with Crippen LogP contribution >= 0.6 is 0 Å². The van der Waals surface area contributed by atoms with Crippen LogP contribution in [0.1, 0.15) is 15.9 Å². The highest BCUT2D eigenvalue weighted by atomic mass is 19.4. The van der Waals surface area contributed by atoms with Crippen LogP contribution in [0.25, 0.3) is 0 Å². The largest absolute Gasteiger partial charge is 0.418 e. The first-order valence-corrected chi connectivity index (χ1v) is 5.71. The predicted octanol–water partition coefficient (Wildman–Crippen LogP) is 3.54. The average molecular weight is 280 g/mol. The molecule has 6 heteroatoms. The number of halogens is 3. The zero-order valence-corrected chi connectivity index (χ0v) is 10.2. The third-order valence-corrected chi connectivity index (χ3v) is 2.69. The van der Waals surface area contributed by atoms with Crippen molar-refractivity contribution in [2.24, 2.45) is 0 Å². The number of hydrogen-bond acceptors (Lipinski definition) is 2. The molecule has 20 heavy (non-hydrogen) atoms. The summed E-state index contributed by atoms with van der Waals surface area (Å²) in [5.41, 5.74) is 4.13. The van der Waals surface area contributed by atoms with Gasteiger partial charge in [0.15, 0.2) is 0 Å². The maximum absolute atomic E-state index is 12.7. The Morgan fingerprint density at radius 1 is 1.00 bits per heavy atom. The topological polar surface area (TPSA) is 55.1 Å². The fourth-order valence-corrected chi connectivity index (χ4v) is 1.73. The van der Waals surface area contributed by atoms with Crippen molar-refractivity contribution in [2.75, 3.05) is 11.1 Å². The van der Waals surface area contributed by atoms with Gasteiger partial charge < -0.3 is 11.1 Å². The molecule has 0 aliphatic rings. The average Bonchev–Trinajstić information content (AvgIpc) is 2.38. The van der Waals surface area contributed by atoms with Crippen LogP contribution in [-0.4, -0.2) is 5.91 Å². The molecular formula is C14H11F3N2O. The molecule has 3 nitrogen and oxygen atoms in total. The van der Waals surface area contributed by atoms with Crippen LogP contribution in [-0.2, 0) is 6.18 Å². The molecular weight excluding hydrogens is 269 g/mol. The predicted molar refractivity (Wildman–Crippen MR) is 70.3 cm³/mol. The Morgan fingerprint density at radius 3 is 2.25 bits per heavy atom. The van der Waals surface area contributed by atoms with Crippen LogP contribution in [0.2, 0.25) is 0 Å². The van der Waals surface area contributed by atoms with Gasteiger partial charge in [-0.2, -0.15) is 13.2 Å². The molecule has 104 valence electrons. The van der Waals surface area contributed by atoms with E-state index in [4.69, 9.17) is 5.73 Å².